The van der Waals surface area contributed by atoms with E-state index < -0.39 is 5.60 Å². The normalized spacial score (nSPS) is 28.9. The molecule has 2 N–H and O–H groups in total. The van der Waals surface area contributed by atoms with E-state index in [4.69, 9.17) is 0 Å². The molecule has 20 heavy (non-hydrogen) atoms. The molecule has 5 heteroatoms. The summed E-state index contributed by atoms with van der Waals surface area (Å²) in [6, 6.07) is 0. The molecule has 2 fully saturated rings. The van der Waals surface area contributed by atoms with Crippen LogP contribution in [0.4, 0.5) is 0 Å². The summed E-state index contributed by atoms with van der Waals surface area (Å²) in [4.78, 5) is 17.0. The molecular formula is C15H29N3O2. The minimum atomic E-state index is -0.661. The number of rotatable bonds is 4. The van der Waals surface area contributed by atoms with E-state index in [1.165, 1.54) is 0 Å². The molecule has 2 saturated heterocycles. The van der Waals surface area contributed by atoms with Gasteiger partial charge in [0, 0.05) is 39.3 Å². The molecule has 1 atom stereocenters. The maximum atomic E-state index is 12.8. The fourth-order valence-corrected chi connectivity index (χ4v) is 3.37. The van der Waals surface area contributed by atoms with Crippen molar-refractivity contribution < 1.29 is 9.90 Å². The average Bonchev–Trinajstić information content (AvgIpc) is 2.87. The fraction of sp³-hybridized carbons (Fsp3) is 0.933. The van der Waals surface area contributed by atoms with Gasteiger partial charge in [0.25, 0.3) is 0 Å². The lowest BCUT2D eigenvalue weighted by Gasteiger charge is -2.40. The topological polar surface area (TPSA) is 55.8 Å². The lowest BCUT2D eigenvalue weighted by molar-refractivity contribution is -0.143. The highest BCUT2D eigenvalue weighted by molar-refractivity contribution is 5.83. The molecule has 0 aromatic carbocycles. The number of hydrogen-bond acceptors (Lipinski definition) is 4. The third-order valence-corrected chi connectivity index (χ3v) is 4.64. The molecule has 2 rings (SSSR count). The molecule has 2 heterocycles. The van der Waals surface area contributed by atoms with E-state index in [1.54, 1.807) is 0 Å². The van der Waals surface area contributed by atoms with Gasteiger partial charge in [-0.2, -0.15) is 0 Å². The molecule has 5 nitrogen and oxygen atoms in total. The van der Waals surface area contributed by atoms with Crippen LogP contribution in [0.3, 0.4) is 0 Å². The zero-order chi connectivity index (χ0) is 14.8. The highest BCUT2D eigenvalue weighted by atomic mass is 16.3. The zero-order valence-corrected chi connectivity index (χ0v) is 13.1. The Bertz CT molecular complexity index is 338. The summed E-state index contributed by atoms with van der Waals surface area (Å²) < 4.78 is 0. The Morgan fingerprint density at radius 1 is 1.30 bits per heavy atom. The molecule has 0 aromatic rings. The Morgan fingerprint density at radius 3 is 2.40 bits per heavy atom. The monoisotopic (exact) mass is 283 g/mol. The van der Waals surface area contributed by atoms with Gasteiger partial charge in [-0.1, -0.05) is 6.92 Å². The number of carbonyl (C=O) groups excluding carboxylic acids is 1. The highest BCUT2D eigenvalue weighted by Crippen LogP contribution is 2.32. The van der Waals surface area contributed by atoms with Gasteiger partial charge in [-0.05, 0) is 33.2 Å². The van der Waals surface area contributed by atoms with Crippen molar-refractivity contribution in [3.63, 3.8) is 0 Å². The van der Waals surface area contributed by atoms with E-state index in [0.717, 1.165) is 52.1 Å². The van der Waals surface area contributed by atoms with Gasteiger partial charge < -0.3 is 15.3 Å². The van der Waals surface area contributed by atoms with Gasteiger partial charge in [0.15, 0.2) is 0 Å². The standard InChI is InChI=1S/C15H29N3O2/c1-4-15(5-6-16-11-15)13(19)18-9-7-17(8-10-18)12-14(2,3)20/h16,20H,4-12H2,1-3H3. The zero-order valence-electron chi connectivity index (χ0n) is 13.1. The van der Waals surface area contributed by atoms with E-state index in [0.29, 0.717) is 12.5 Å². The Kier molecular flexibility index (Phi) is 4.72. The molecule has 0 spiro atoms. The van der Waals surface area contributed by atoms with Crippen LogP contribution in [0.25, 0.3) is 0 Å². The maximum Gasteiger partial charge on any atom is 0.230 e. The molecule has 2 aliphatic rings. The van der Waals surface area contributed by atoms with E-state index in [9.17, 15) is 9.90 Å². The van der Waals surface area contributed by atoms with Crippen molar-refractivity contribution in [3.8, 4) is 0 Å². The number of hydrogen-bond donors (Lipinski definition) is 2. The number of nitrogens with one attached hydrogen (secondary N) is 1. The first-order valence-corrected chi connectivity index (χ1v) is 7.81. The van der Waals surface area contributed by atoms with Crippen molar-refractivity contribution in [2.75, 3.05) is 45.8 Å². The highest BCUT2D eigenvalue weighted by Gasteiger charge is 2.42. The summed E-state index contributed by atoms with van der Waals surface area (Å²) >= 11 is 0. The number of amides is 1. The first kappa shape index (κ1) is 15.7. The van der Waals surface area contributed by atoms with Crippen LogP contribution in [-0.4, -0.2) is 72.2 Å². The number of aliphatic hydroxyl groups is 1. The smallest absolute Gasteiger partial charge is 0.230 e. The van der Waals surface area contributed by atoms with Crippen LogP contribution in [0.15, 0.2) is 0 Å². The molecule has 2 aliphatic heterocycles. The second kappa shape index (κ2) is 6.00. The lowest BCUT2D eigenvalue weighted by Crippen LogP contribution is -2.55. The molecule has 0 bridgehead atoms. The van der Waals surface area contributed by atoms with Gasteiger partial charge >= 0.3 is 0 Å². The summed E-state index contributed by atoms with van der Waals surface area (Å²) in [7, 11) is 0. The van der Waals surface area contributed by atoms with Gasteiger partial charge in [0.05, 0.1) is 11.0 Å². The second-order valence-electron chi connectivity index (χ2n) is 6.94. The van der Waals surface area contributed by atoms with Crippen molar-refractivity contribution >= 4 is 5.91 Å². The SMILES string of the molecule is CCC1(C(=O)N2CCN(CC(C)(C)O)CC2)CCNC1. The Balaban J connectivity index is 1.88. The first-order chi connectivity index (χ1) is 9.36. The van der Waals surface area contributed by atoms with Gasteiger partial charge in [0.1, 0.15) is 0 Å². The van der Waals surface area contributed by atoms with E-state index in [2.05, 4.69) is 17.1 Å². The van der Waals surface area contributed by atoms with Crippen LogP contribution in [0, 0.1) is 5.41 Å². The Labute approximate surface area is 122 Å². The fourth-order valence-electron chi connectivity index (χ4n) is 3.37. The minimum absolute atomic E-state index is 0.168. The largest absolute Gasteiger partial charge is 0.389 e. The van der Waals surface area contributed by atoms with E-state index in [1.807, 2.05) is 18.7 Å². The third kappa shape index (κ3) is 3.51. The van der Waals surface area contributed by atoms with Crippen molar-refractivity contribution in [3.05, 3.63) is 0 Å². The second-order valence-corrected chi connectivity index (χ2v) is 6.94. The van der Waals surface area contributed by atoms with Crippen LogP contribution in [0.1, 0.15) is 33.6 Å². The van der Waals surface area contributed by atoms with Crippen LogP contribution in [0.5, 0.6) is 0 Å². The first-order valence-electron chi connectivity index (χ1n) is 7.81. The molecule has 1 unspecified atom stereocenters. The van der Waals surface area contributed by atoms with Crippen molar-refractivity contribution in [2.24, 2.45) is 5.41 Å². The van der Waals surface area contributed by atoms with Gasteiger partial charge in [-0.15, -0.1) is 0 Å². The van der Waals surface area contributed by atoms with Gasteiger partial charge in [0.2, 0.25) is 5.91 Å². The van der Waals surface area contributed by atoms with Crippen LogP contribution in [-0.2, 0) is 4.79 Å². The van der Waals surface area contributed by atoms with Crippen LogP contribution >= 0.6 is 0 Å². The maximum absolute atomic E-state index is 12.8. The average molecular weight is 283 g/mol. The summed E-state index contributed by atoms with van der Waals surface area (Å²) in [5.74, 6) is 0.327. The number of piperazine rings is 1. The predicted molar refractivity (Wildman–Crippen MR) is 79.5 cm³/mol. The van der Waals surface area contributed by atoms with Crippen LogP contribution in [0.2, 0.25) is 0 Å². The van der Waals surface area contributed by atoms with Gasteiger partial charge in [-0.25, -0.2) is 0 Å². The summed E-state index contributed by atoms with van der Waals surface area (Å²) in [6.45, 7) is 11.6. The summed E-state index contributed by atoms with van der Waals surface area (Å²) in [5, 5.41) is 13.2. The molecule has 1 amide bonds. The van der Waals surface area contributed by atoms with Gasteiger partial charge in [-0.3, -0.25) is 9.69 Å². The quantitative estimate of drug-likeness (QED) is 0.779. The van der Waals surface area contributed by atoms with E-state index >= 15 is 0 Å². The Morgan fingerprint density at radius 2 is 1.95 bits per heavy atom. The number of carbonyl (C=O) groups is 1. The number of nitrogens with zero attached hydrogens (tertiary/aromatic N) is 2. The molecule has 0 saturated carbocycles. The predicted octanol–water partition coefficient (Wildman–Crippen LogP) is 0.291. The van der Waals surface area contributed by atoms with Crippen molar-refractivity contribution in [1.29, 1.82) is 0 Å². The lowest BCUT2D eigenvalue weighted by atomic mass is 9.82. The molecule has 0 radical (unpaired) electrons. The molecule has 116 valence electrons. The third-order valence-electron chi connectivity index (χ3n) is 4.64. The van der Waals surface area contributed by atoms with E-state index in [-0.39, 0.29) is 5.41 Å². The molecule has 0 aliphatic carbocycles. The summed E-state index contributed by atoms with van der Waals surface area (Å²) in [6.07, 6.45) is 1.88. The minimum Gasteiger partial charge on any atom is -0.389 e. The molecular weight excluding hydrogens is 254 g/mol. The Hall–Kier alpha value is -0.650. The van der Waals surface area contributed by atoms with Crippen molar-refractivity contribution in [2.45, 2.75) is 39.2 Å². The van der Waals surface area contributed by atoms with Crippen LogP contribution < -0.4 is 5.32 Å². The summed E-state index contributed by atoms with van der Waals surface area (Å²) in [5.41, 5.74) is -0.829. The number of β-amino-alcohol motifs (C(OH)–C–C–N with tert-alkyl or cyclic N) is 1. The molecule has 0 aromatic heterocycles. The van der Waals surface area contributed by atoms with Crippen molar-refractivity contribution in [1.82, 2.24) is 15.1 Å².